The summed E-state index contributed by atoms with van der Waals surface area (Å²) in [7, 11) is -3.97. The maximum atomic E-state index is 13.4. The standard InChI is InChI=1S/C21H23ClF2N2O4S/c1-13(2)30-20-6-3-15(11-17(20)22)25-21(27)14-7-9-26(10-8-14)31(28,29)16-4-5-18(23)19(24)12-16/h3-6,11-14H,7-10H2,1-2H3,(H,25,27). The van der Waals surface area contributed by atoms with Crippen molar-refractivity contribution in [3.05, 3.63) is 53.1 Å². The molecule has 0 spiro atoms. The summed E-state index contributed by atoms with van der Waals surface area (Å²) in [5.41, 5.74) is 0.517. The molecule has 1 N–H and O–H groups in total. The zero-order valence-corrected chi connectivity index (χ0v) is 18.6. The maximum absolute atomic E-state index is 13.4. The van der Waals surface area contributed by atoms with Gasteiger partial charge in [-0.1, -0.05) is 11.6 Å². The van der Waals surface area contributed by atoms with Crippen molar-refractivity contribution in [2.45, 2.75) is 37.7 Å². The largest absolute Gasteiger partial charge is 0.489 e. The van der Waals surface area contributed by atoms with Crippen LogP contribution in [0, 0.1) is 17.6 Å². The van der Waals surface area contributed by atoms with E-state index in [-0.39, 0.29) is 35.9 Å². The number of benzene rings is 2. The third-order valence-electron chi connectivity index (χ3n) is 4.92. The Morgan fingerprint density at radius 1 is 1.13 bits per heavy atom. The average molecular weight is 473 g/mol. The molecule has 3 rings (SSSR count). The van der Waals surface area contributed by atoms with Crippen LogP contribution >= 0.6 is 11.6 Å². The number of carbonyl (C=O) groups is 1. The van der Waals surface area contributed by atoms with Crippen molar-refractivity contribution in [2.75, 3.05) is 18.4 Å². The molecule has 168 valence electrons. The van der Waals surface area contributed by atoms with Gasteiger partial charge in [-0.15, -0.1) is 0 Å². The lowest BCUT2D eigenvalue weighted by atomic mass is 9.97. The predicted molar refractivity (Wildman–Crippen MR) is 114 cm³/mol. The van der Waals surface area contributed by atoms with Crippen LogP contribution in [0.1, 0.15) is 26.7 Å². The minimum Gasteiger partial charge on any atom is -0.489 e. The number of anilines is 1. The molecule has 2 aromatic rings. The van der Waals surface area contributed by atoms with Crippen LogP contribution in [0.15, 0.2) is 41.3 Å². The maximum Gasteiger partial charge on any atom is 0.243 e. The molecule has 1 aliphatic heterocycles. The van der Waals surface area contributed by atoms with E-state index in [2.05, 4.69) is 5.32 Å². The highest BCUT2D eigenvalue weighted by molar-refractivity contribution is 7.89. The monoisotopic (exact) mass is 472 g/mol. The molecule has 0 bridgehead atoms. The van der Waals surface area contributed by atoms with Crippen LogP contribution in [0.5, 0.6) is 5.75 Å². The molecule has 1 amide bonds. The highest BCUT2D eigenvalue weighted by atomic mass is 35.5. The Bertz CT molecular complexity index is 1070. The molecule has 0 aliphatic carbocycles. The number of sulfonamides is 1. The number of nitrogens with one attached hydrogen (secondary N) is 1. The zero-order valence-electron chi connectivity index (χ0n) is 17.1. The topological polar surface area (TPSA) is 75.7 Å². The minimum absolute atomic E-state index is 0.0363. The lowest BCUT2D eigenvalue weighted by molar-refractivity contribution is -0.120. The number of halogens is 3. The van der Waals surface area contributed by atoms with Crippen molar-refractivity contribution in [2.24, 2.45) is 5.92 Å². The molecule has 1 heterocycles. The number of carbonyl (C=O) groups excluding carboxylic acids is 1. The summed E-state index contributed by atoms with van der Waals surface area (Å²) in [5.74, 6) is -2.44. The molecule has 31 heavy (non-hydrogen) atoms. The quantitative estimate of drug-likeness (QED) is 0.674. The Hall–Kier alpha value is -2.23. The SMILES string of the molecule is CC(C)Oc1ccc(NC(=O)C2CCN(S(=O)(=O)c3ccc(F)c(F)c3)CC2)cc1Cl. The van der Waals surface area contributed by atoms with E-state index in [1.54, 1.807) is 18.2 Å². The summed E-state index contributed by atoms with van der Waals surface area (Å²) in [6.07, 6.45) is 0.569. The Balaban J connectivity index is 1.61. The normalized spacial score (nSPS) is 15.8. The predicted octanol–water partition coefficient (Wildman–Crippen LogP) is 4.44. The highest BCUT2D eigenvalue weighted by Gasteiger charge is 2.32. The van der Waals surface area contributed by atoms with Crippen LogP contribution in [0.3, 0.4) is 0 Å². The Kier molecular flexibility index (Phi) is 7.18. The summed E-state index contributed by atoms with van der Waals surface area (Å²) in [5, 5.41) is 3.17. The molecule has 2 aromatic carbocycles. The molecule has 10 heteroatoms. The van der Waals surface area contributed by atoms with Crippen molar-refractivity contribution < 1.29 is 26.7 Å². The average Bonchev–Trinajstić information content (AvgIpc) is 2.71. The fourth-order valence-electron chi connectivity index (χ4n) is 3.32. The molecule has 1 fully saturated rings. The van der Waals surface area contributed by atoms with E-state index in [4.69, 9.17) is 16.3 Å². The molecular weight excluding hydrogens is 450 g/mol. The number of amides is 1. The first-order chi connectivity index (χ1) is 14.6. The third-order valence-corrected chi connectivity index (χ3v) is 7.11. The molecule has 1 aliphatic rings. The molecule has 6 nitrogen and oxygen atoms in total. The van der Waals surface area contributed by atoms with Crippen molar-refractivity contribution in [1.82, 2.24) is 4.31 Å². The summed E-state index contributed by atoms with van der Waals surface area (Å²) >= 11 is 6.19. The second-order valence-corrected chi connectivity index (χ2v) is 9.90. The summed E-state index contributed by atoms with van der Waals surface area (Å²) in [4.78, 5) is 12.3. The van der Waals surface area contributed by atoms with E-state index >= 15 is 0 Å². The molecule has 0 unspecified atom stereocenters. The Morgan fingerprint density at radius 2 is 1.81 bits per heavy atom. The second-order valence-electron chi connectivity index (χ2n) is 7.56. The van der Waals surface area contributed by atoms with Crippen molar-refractivity contribution in [1.29, 1.82) is 0 Å². The van der Waals surface area contributed by atoms with Crippen LogP contribution in [0.25, 0.3) is 0 Å². The summed E-state index contributed by atoms with van der Waals surface area (Å²) in [6.45, 7) is 3.96. The number of nitrogens with zero attached hydrogens (tertiary/aromatic N) is 1. The lowest BCUT2D eigenvalue weighted by Gasteiger charge is -2.30. The summed E-state index contributed by atoms with van der Waals surface area (Å²) in [6, 6.07) is 7.44. The van der Waals surface area contributed by atoms with E-state index in [1.807, 2.05) is 13.8 Å². The Morgan fingerprint density at radius 3 is 2.39 bits per heavy atom. The second kappa shape index (κ2) is 9.50. The van der Waals surface area contributed by atoms with Gasteiger partial charge >= 0.3 is 0 Å². The fourth-order valence-corrected chi connectivity index (χ4v) is 5.02. The lowest BCUT2D eigenvalue weighted by Crippen LogP contribution is -2.41. The van der Waals surface area contributed by atoms with Crippen LogP contribution in [-0.2, 0) is 14.8 Å². The number of hydrogen-bond donors (Lipinski definition) is 1. The van der Waals surface area contributed by atoms with Gasteiger partial charge in [0.25, 0.3) is 0 Å². The summed E-state index contributed by atoms with van der Waals surface area (Å²) < 4.78 is 58.6. The van der Waals surface area contributed by atoms with E-state index < -0.39 is 21.7 Å². The van der Waals surface area contributed by atoms with Crippen LogP contribution in [0.2, 0.25) is 5.02 Å². The van der Waals surface area contributed by atoms with Gasteiger partial charge in [0.15, 0.2) is 11.6 Å². The van der Waals surface area contributed by atoms with Crippen molar-refractivity contribution >= 4 is 33.2 Å². The van der Waals surface area contributed by atoms with Gasteiger partial charge < -0.3 is 10.1 Å². The van der Waals surface area contributed by atoms with Gasteiger partial charge in [-0.2, -0.15) is 4.31 Å². The van der Waals surface area contributed by atoms with E-state index in [0.29, 0.717) is 35.4 Å². The van der Waals surface area contributed by atoms with Gasteiger partial charge in [-0.25, -0.2) is 17.2 Å². The van der Waals surface area contributed by atoms with E-state index in [9.17, 15) is 22.0 Å². The van der Waals surface area contributed by atoms with Gasteiger partial charge in [0.05, 0.1) is 16.0 Å². The van der Waals surface area contributed by atoms with Crippen molar-refractivity contribution in [3.63, 3.8) is 0 Å². The first kappa shape index (κ1) is 23.4. The Labute approximate surface area is 185 Å². The van der Waals surface area contributed by atoms with Gasteiger partial charge in [-0.05, 0) is 63.1 Å². The zero-order chi connectivity index (χ0) is 22.8. The smallest absolute Gasteiger partial charge is 0.243 e. The molecular formula is C21H23ClF2N2O4S. The van der Waals surface area contributed by atoms with Gasteiger partial charge in [0.2, 0.25) is 15.9 Å². The molecule has 0 atom stereocenters. The number of piperidine rings is 1. The van der Waals surface area contributed by atoms with Gasteiger partial charge in [-0.3, -0.25) is 4.79 Å². The minimum atomic E-state index is -3.97. The van der Waals surface area contributed by atoms with Crippen molar-refractivity contribution in [3.8, 4) is 5.75 Å². The molecule has 1 saturated heterocycles. The third kappa shape index (κ3) is 5.53. The van der Waals surface area contributed by atoms with Crippen LogP contribution in [-0.4, -0.2) is 37.8 Å². The molecule has 0 radical (unpaired) electrons. The number of rotatable bonds is 6. The van der Waals surface area contributed by atoms with E-state index in [0.717, 1.165) is 12.1 Å². The highest BCUT2D eigenvalue weighted by Crippen LogP contribution is 2.30. The first-order valence-corrected chi connectivity index (χ1v) is 11.6. The van der Waals surface area contributed by atoms with Gasteiger partial charge in [0.1, 0.15) is 5.75 Å². The first-order valence-electron chi connectivity index (χ1n) is 9.80. The van der Waals surface area contributed by atoms with Crippen LogP contribution < -0.4 is 10.1 Å². The van der Waals surface area contributed by atoms with E-state index in [1.165, 1.54) is 4.31 Å². The van der Waals surface area contributed by atoms with Gasteiger partial charge in [0, 0.05) is 24.7 Å². The fraction of sp³-hybridized carbons (Fsp3) is 0.381. The number of hydrogen-bond acceptors (Lipinski definition) is 4. The van der Waals surface area contributed by atoms with Crippen LogP contribution in [0.4, 0.5) is 14.5 Å². The molecule has 0 aromatic heterocycles. The number of ether oxygens (including phenoxy) is 1. The molecule has 0 saturated carbocycles.